The molecule has 0 heterocycles. The van der Waals surface area contributed by atoms with E-state index in [0.717, 1.165) is 12.5 Å². The molecule has 5 nitrogen and oxygen atoms in total. The first-order chi connectivity index (χ1) is 14.4. The van der Waals surface area contributed by atoms with Gasteiger partial charge in [-0.05, 0) is 93.7 Å². The fraction of sp³-hybridized carbons (Fsp3) is 0.731. The van der Waals surface area contributed by atoms with Crippen molar-refractivity contribution in [2.24, 2.45) is 16.7 Å². The van der Waals surface area contributed by atoms with Gasteiger partial charge in [-0.3, -0.25) is 4.79 Å². The van der Waals surface area contributed by atoms with E-state index >= 15 is 0 Å². The zero-order valence-corrected chi connectivity index (χ0v) is 20.2. The third-order valence-electron chi connectivity index (χ3n) is 7.39. The molecule has 0 aliphatic heterocycles. The Hall–Kier alpha value is -1.75. The molecule has 4 fully saturated rings. The third kappa shape index (κ3) is 5.02. The van der Waals surface area contributed by atoms with Crippen molar-refractivity contribution in [3.63, 3.8) is 0 Å². The van der Waals surface area contributed by atoms with Crippen LogP contribution in [-0.4, -0.2) is 30.7 Å². The molecule has 4 aliphatic carbocycles. The number of benzene rings is 1. The van der Waals surface area contributed by atoms with Crippen LogP contribution in [0.5, 0.6) is 11.5 Å². The largest absolute Gasteiger partial charge is 0.493 e. The molecule has 0 aromatic heterocycles. The third-order valence-corrected chi connectivity index (χ3v) is 7.39. The Morgan fingerprint density at radius 3 is 2.32 bits per heavy atom. The average Bonchev–Trinajstić information content (AvgIpc) is 2.60. The molecule has 2 N–H and O–H groups in total. The molecule has 1 amide bonds. The molecule has 0 spiro atoms. The highest BCUT2D eigenvalue weighted by atomic mass is 16.5. The second kappa shape index (κ2) is 7.68. The molecule has 1 aromatic rings. The lowest BCUT2D eigenvalue weighted by Gasteiger charge is -2.65. The van der Waals surface area contributed by atoms with Crippen LogP contribution in [0.25, 0.3) is 0 Å². The molecule has 1 aromatic carbocycles. The standard InChI is InChI=1S/C26H40N2O3/c1-23(2,3)28-22(29)14-31-20-8-7-18(9-21(20)30-6)13-27-26-12-19-10-24(4,16-26)15-25(5,11-19)17-26/h7-9,19,27H,10-17H2,1-6H3,(H,28,29). The number of methoxy groups -OCH3 is 1. The Bertz CT molecular complexity index is 826. The molecule has 4 bridgehead atoms. The molecule has 31 heavy (non-hydrogen) atoms. The molecule has 172 valence electrons. The Morgan fingerprint density at radius 2 is 1.74 bits per heavy atom. The van der Waals surface area contributed by atoms with E-state index in [1.807, 2.05) is 32.9 Å². The first-order valence-corrected chi connectivity index (χ1v) is 11.8. The Morgan fingerprint density at radius 1 is 1.06 bits per heavy atom. The van der Waals surface area contributed by atoms with E-state index in [2.05, 4.69) is 30.5 Å². The van der Waals surface area contributed by atoms with Crippen LogP contribution in [0.15, 0.2) is 18.2 Å². The summed E-state index contributed by atoms with van der Waals surface area (Å²) in [7, 11) is 1.65. The van der Waals surface area contributed by atoms with Gasteiger partial charge in [-0.2, -0.15) is 0 Å². The van der Waals surface area contributed by atoms with Crippen LogP contribution in [0.3, 0.4) is 0 Å². The second-order valence-electron chi connectivity index (χ2n) is 12.3. The second-order valence-corrected chi connectivity index (χ2v) is 12.3. The van der Waals surface area contributed by atoms with Crippen LogP contribution in [0.1, 0.15) is 78.7 Å². The molecule has 5 heteroatoms. The Labute approximate surface area is 187 Å². The number of hydrogen-bond donors (Lipinski definition) is 2. The van der Waals surface area contributed by atoms with E-state index in [1.165, 1.54) is 44.1 Å². The quantitative estimate of drug-likeness (QED) is 0.653. The van der Waals surface area contributed by atoms with Gasteiger partial charge in [0.15, 0.2) is 18.1 Å². The van der Waals surface area contributed by atoms with Crippen molar-refractivity contribution in [2.75, 3.05) is 13.7 Å². The van der Waals surface area contributed by atoms with Crippen molar-refractivity contribution in [1.82, 2.24) is 10.6 Å². The van der Waals surface area contributed by atoms with Crippen LogP contribution in [-0.2, 0) is 11.3 Å². The summed E-state index contributed by atoms with van der Waals surface area (Å²) in [6, 6.07) is 6.03. The van der Waals surface area contributed by atoms with Crippen molar-refractivity contribution in [2.45, 2.75) is 90.8 Å². The lowest BCUT2D eigenvalue weighted by atomic mass is 9.43. The minimum absolute atomic E-state index is 0.0209. The Balaban J connectivity index is 1.39. The summed E-state index contributed by atoms with van der Waals surface area (Å²) >= 11 is 0. The van der Waals surface area contributed by atoms with Crippen molar-refractivity contribution in [1.29, 1.82) is 0 Å². The van der Waals surface area contributed by atoms with Crippen LogP contribution >= 0.6 is 0 Å². The minimum atomic E-state index is -0.272. The lowest BCUT2D eigenvalue weighted by Crippen LogP contribution is -2.63. The molecule has 4 aliphatic rings. The van der Waals surface area contributed by atoms with Gasteiger partial charge in [-0.15, -0.1) is 0 Å². The van der Waals surface area contributed by atoms with Crippen LogP contribution in [0.2, 0.25) is 0 Å². The predicted octanol–water partition coefficient (Wildman–Crippen LogP) is 4.83. The molecular weight excluding hydrogens is 388 g/mol. The fourth-order valence-corrected chi connectivity index (χ4v) is 7.47. The summed E-state index contributed by atoms with van der Waals surface area (Å²) in [5.41, 5.74) is 2.20. The van der Waals surface area contributed by atoms with Gasteiger partial charge in [-0.1, -0.05) is 19.9 Å². The number of amides is 1. The SMILES string of the molecule is COc1cc(CNC23CC4CC(C)(CC(C)(C4)C2)C3)ccc1OCC(=O)NC(C)(C)C. The number of carbonyl (C=O) groups is 1. The Kier molecular flexibility index (Phi) is 5.56. The summed E-state index contributed by atoms with van der Waals surface area (Å²) in [4.78, 5) is 12.1. The van der Waals surface area contributed by atoms with Gasteiger partial charge in [0.25, 0.3) is 5.91 Å². The zero-order valence-electron chi connectivity index (χ0n) is 20.2. The van der Waals surface area contributed by atoms with Crippen LogP contribution in [0, 0.1) is 16.7 Å². The lowest BCUT2D eigenvalue weighted by molar-refractivity contribution is -0.124. The van der Waals surface area contributed by atoms with E-state index in [9.17, 15) is 4.79 Å². The van der Waals surface area contributed by atoms with Gasteiger partial charge >= 0.3 is 0 Å². The van der Waals surface area contributed by atoms with Crippen LogP contribution < -0.4 is 20.1 Å². The molecule has 2 unspecified atom stereocenters. The summed E-state index contributed by atoms with van der Waals surface area (Å²) in [5, 5.41) is 6.89. The predicted molar refractivity (Wildman–Crippen MR) is 123 cm³/mol. The molecule has 0 radical (unpaired) electrons. The van der Waals surface area contributed by atoms with Gasteiger partial charge in [0.05, 0.1) is 7.11 Å². The fourth-order valence-electron chi connectivity index (χ4n) is 7.47. The van der Waals surface area contributed by atoms with Gasteiger partial charge in [0.1, 0.15) is 0 Å². The van der Waals surface area contributed by atoms with Crippen molar-refractivity contribution < 1.29 is 14.3 Å². The van der Waals surface area contributed by atoms with Crippen molar-refractivity contribution in [3.8, 4) is 11.5 Å². The highest BCUT2D eigenvalue weighted by molar-refractivity contribution is 5.78. The summed E-state index contributed by atoms with van der Waals surface area (Å²) < 4.78 is 11.3. The maximum absolute atomic E-state index is 12.1. The number of nitrogens with one attached hydrogen (secondary N) is 2. The summed E-state index contributed by atoms with van der Waals surface area (Å²) in [6.45, 7) is 11.7. The van der Waals surface area contributed by atoms with Crippen LogP contribution in [0.4, 0.5) is 0 Å². The normalized spacial score (nSPS) is 33.9. The highest BCUT2D eigenvalue weighted by Gasteiger charge is 2.59. The summed E-state index contributed by atoms with van der Waals surface area (Å²) in [6.07, 6.45) is 8.13. The smallest absolute Gasteiger partial charge is 0.258 e. The first kappa shape index (κ1) is 22.4. The van der Waals surface area contributed by atoms with E-state index in [-0.39, 0.29) is 23.6 Å². The zero-order chi connectivity index (χ0) is 22.5. The topological polar surface area (TPSA) is 59.6 Å². The first-order valence-electron chi connectivity index (χ1n) is 11.8. The van der Waals surface area contributed by atoms with Crippen molar-refractivity contribution >= 4 is 5.91 Å². The number of hydrogen-bond acceptors (Lipinski definition) is 4. The maximum atomic E-state index is 12.1. The van der Waals surface area contributed by atoms with E-state index in [0.29, 0.717) is 22.3 Å². The number of rotatable bonds is 7. The van der Waals surface area contributed by atoms with Crippen molar-refractivity contribution in [3.05, 3.63) is 23.8 Å². The summed E-state index contributed by atoms with van der Waals surface area (Å²) in [5.74, 6) is 2.02. The van der Waals surface area contributed by atoms with E-state index in [1.54, 1.807) is 7.11 Å². The van der Waals surface area contributed by atoms with Gasteiger partial charge in [0.2, 0.25) is 0 Å². The van der Waals surface area contributed by atoms with E-state index in [4.69, 9.17) is 9.47 Å². The monoisotopic (exact) mass is 428 g/mol. The van der Waals surface area contributed by atoms with E-state index < -0.39 is 0 Å². The minimum Gasteiger partial charge on any atom is -0.493 e. The molecular formula is C26H40N2O3. The molecule has 2 atom stereocenters. The molecule has 0 saturated heterocycles. The average molecular weight is 429 g/mol. The van der Waals surface area contributed by atoms with Gasteiger partial charge in [-0.25, -0.2) is 0 Å². The maximum Gasteiger partial charge on any atom is 0.258 e. The number of carbonyl (C=O) groups excluding carboxylic acids is 1. The molecule has 5 rings (SSSR count). The number of ether oxygens (including phenoxy) is 2. The van der Waals surface area contributed by atoms with Gasteiger partial charge < -0.3 is 20.1 Å². The highest BCUT2D eigenvalue weighted by Crippen LogP contribution is 2.66. The van der Waals surface area contributed by atoms with Gasteiger partial charge in [0, 0.05) is 17.6 Å². The molecule has 4 saturated carbocycles.